The van der Waals surface area contributed by atoms with E-state index in [1.165, 1.54) is 11.8 Å². The molecule has 0 unspecified atom stereocenters. The molecule has 78 valence electrons. The Morgan fingerprint density at radius 2 is 2.29 bits per heavy atom. The number of methoxy groups -OCH3 is 1. The van der Waals surface area contributed by atoms with Gasteiger partial charge in [-0.25, -0.2) is 4.79 Å². The second-order valence-electron chi connectivity index (χ2n) is 3.08. The molecule has 0 bridgehead atoms. The summed E-state index contributed by atoms with van der Waals surface area (Å²) in [5, 5.41) is 4.02. The van der Waals surface area contributed by atoms with Gasteiger partial charge in [0, 0.05) is 12.6 Å². The molecule has 0 amide bonds. The van der Waals surface area contributed by atoms with Crippen molar-refractivity contribution in [1.82, 2.24) is 9.78 Å². The van der Waals surface area contributed by atoms with E-state index in [9.17, 15) is 4.79 Å². The molecule has 0 fully saturated rings. The van der Waals surface area contributed by atoms with Gasteiger partial charge in [0.05, 0.1) is 7.11 Å². The molecule has 14 heavy (non-hydrogen) atoms. The van der Waals surface area contributed by atoms with E-state index in [0.717, 1.165) is 18.4 Å². The number of aromatic nitrogens is 2. The topological polar surface area (TPSA) is 70.1 Å². The Morgan fingerprint density at radius 3 is 2.79 bits per heavy atom. The normalized spacial score (nSPS) is 10.2. The molecule has 0 saturated carbocycles. The first-order chi connectivity index (χ1) is 6.61. The highest BCUT2D eigenvalue weighted by Crippen LogP contribution is 2.18. The Labute approximate surface area is 82.8 Å². The third-order valence-electron chi connectivity index (χ3n) is 2.07. The van der Waals surface area contributed by atoms with Gasteiger partial charge < -0.3 is 10.5 Å². The number of carbonyl (C=O) groups is 1. The zero-order valence-electron chi connectivity index (χ0n) is 8.70. The van der Waals surface area contributed by atoms with Gasteiger partial charge in [-0.1, -0.05) is 13.3 Å². The molecular formula is C9H15N3O2. The summed E-state index contributed by atoms with van der Waals surface area (Å²) < 4.78 is 6.12. The number of nitrogens with zero attached hydrogens (tertiary/aromatic N) is 2. The Bertz CT molecular complexity index is 344. The molecule has 1 aromatic heterocycles. The fourth-order valence-corrected chi connectivity index (χ4v) is 1.34. The number of nitrogen functional groups attached to an aromatic ring is 1. The monoisotopic (exact) mass is 197 g/mol. The summed E-state index contributed by atoms with van der Waals surface area (Å²) in [6, 6.07) is 0. The summed E-state index contributed by atoms with van der Waals surface area (Å²) >= 11 is 0. The van der Waals surface area contributed by atoms with Gasteiger partial charge in [0.2, 0.25) is 0 Å². The van der Waals surface area contributed by atoms with Gasteiger partial charge in [-0.05, 0) is 6.42 Å². The van der Waals surface area contributed by atoms with E-state index in [0.29, 0.717) is 11.5 Å². The molecule has 0 aromatic carbocycles. The number of nitrogens with two attached hydrogens (primary N) is 1. The van der Waals surface area contributed by atoms with Gasteiger partial charge in [0.15, 0.2) is 5.69 Å². The summed E-state index contributed by atoms with van der Waals surface area (Å²) in [4.78, 5) is 11.3. The van der Waals surface area contributed by atoms with Crippen molar-refractivity contribution < 1.29 is 9.53 Å². The first-order valence-electron chi connectivity index (χ1n) is 4.51. The van der Waals surface area contributed by atoms with Crippen molar-refractivity contribution in [2.45, 2.75) is 19.8 Å². The Kier molecular flexibility index (Phi) is 3.11. The third kappa shape index (κ3) is 1.71. The fraction of sp³-hybridized carbons (Fsp3) is 0.556. The maximum Gasteiger partial charge on any atom is 0.358 e. The molecule has 1 heterocycles. The lowest BCUT2D eigenvalue weighted by Gasteiger charge is -1.99. The van der Waals surface area contributed by atoms with Crippen LogP contribution in [0, 0.1) is 0 Å². The van der Waals surface area contributed by atoms with Crippen molar-refractivity contribution in [1.29, 1.82) is 0 Å². The number of esters is 1. The van der Waals surface area contributed by atoms with Gasteiger partial charge in [0.25, 0.3) is 0 Å². The minimum Gasteiger partial charge on any atom is -0.464 e. The maximum atomic E-state index is 11.3. The predicted octanol–water partition coefficient (Wildman–Crippen LogP) is 0.741. The quantitative estimate of drug-likeness (QED) is 0.725. The molecule has 1 rings (SSSR count). The lowest BCUT2D eigenvalue weighted by Crippen LogP contribution is -2.06. The van der Waals surface area contributed by atoms with E-state index >= 15 is 0 Å². The molecule has 5 nitrogen and oxygen atoms in total. The molecule has 1 aromatic rings. The van der Waals surface area contributed by atoms with Crippen molar-refractivity contribution in [3.63, 3.8) is 0 Å². The van der Waals surface area contributed by atoms with Crippen LogP contribution in [-0.2, 0) is 18.2 Å². The Balaban J connectivity index is 3.14. The fourth-order valence-electron chi connectivity index (χ4n) is 1.34. The van der Waals surface area contributed by atoms with Crippen LogP contribution < -0.4 is 5.73 Å². The van der Waals surface area contributed by atoms with Crippen LogP contribution in [-0.4, -0.2) is 22.9 Å². The SMILES string of the molecule is CCCc1c(C(=O)OC)nn(C)c1N. The van der Waals surface area contributed by atoms with Crippen molar-refractivity contribution in [2.24, 2.45) is 7.05 Å². The Hall–Kier alpha value is -1.52. The molecule has 0 aliphatic carbocycles. The zero-order valence-corrected chi connectivity index (χ0v) is 8.70. The van der Waals surface area contributed by atoms with Gasteiger partial charge in [-0.2, -0.15) is 5.10 Å². The van der Waals surface area contributed by atoms with Gasteiger partial charge >= 0.3 is 5.97 Å². The molecule has 0 aliphatic heterocycles. The van der Waals surface area contributed by atoms with Crippen LogP contribution in [0.2, 0.25) is 0 Å². The third-order valence-corrected chi connectivity index (χ3v) is 2.07. The molecule has 0 atom stereocenters. The second kappa shape index (κ2) is 4.13. The average Bonchev–Trinajstić information content (AvgIpc) is 2.45. The van der Waals surface area contributed by atoms with Gasteiger partial charge in [0.1, 0.15) is 5.82 Å². The number of hydrogen-bond donors (Lipinski definition) is 1. The number of anilines is 1. The van der Waals surface area contributed by atoms with Crippen molar-refractivity contribution in [3.8, 4) is 0 Å². The van der Waals surface area contributed by atoms with Crippen molar-refractivity contribution in [3.05, 3.63) is 11.3 Å². The summed E-state index contributed by atoms with van der Waals surface area (Å²) in [5.74, 6) is 0.105. The van der Waals surface area contributed by atoms with E-state index in [2.05, 4.69) is 9.84 Å². The first kappa shape index (κ1) is 10.6. The predicted molar refractivity (Wildman–Crippen MR) is 53.0 cm³/mol. The number of hydrogen-bond acceptors (Lipinski definition) is 4. The average molecular weight is 197 g/mol. The molecule has 0 saturated heterocycles. The molecular weight excluding hydrogens is 182 g/mol. The number of carbonyl (C=O) groups excluding carboxylic acids is 1. The molecule has 0 aliphatic rings. The van der Waals surface area contributed by atoms with Crippen LogP contribution in [0.4, 0.5) is 5.82 Å². The Morgan fingerprint density at radius 1 is 1.64 bits per heavy atom. The van der Waals surface area contributed by atoms with Crippen LogP contribution in [0.25, 0.3) is 0 Å². The highest BCUT2D eigenvalue weighted by molar-refractivity contribution is 5.90. The molecule has 0 spiro atoms. The van der Waals surface area contributed by atoms with Gasteiger partial charge in [-0.3, -0.25) is 4.68 Å². The summed E-state index contributed by atoms with van der Waals surface area (Å²) in [7, 11) is 3.05. The first-order valence-corrected chi connectivity index (χ1v) is 4.51. The second-order valence-corrected chi connectivity index (χ2v) is 3.08. The number of rotatable bonds is 3. The minimum atomic E-state index is -0.430. The standard InChI is InChI=1S/C9H15N3O2/c1-4-5-6-7(9(13)14-3)11-12(2)8(6)10/h4-5,10H2,1-3H3. The number of ether oxygens (including phenoxy) is 1. The van der Waals surface area contributed by atoms with E-state index in [4.69, 9.17) is 5.73 Å². The molecule has 5 heteroatoms. The molecule has 2 N–H and O–H groups in total. The van der Waals surface area contributed by atoms with Crippen molar-refractivity contribution in [2.75, 3.05) is 12.8 Å². The van der Waals surface area contributed by atoms with Crippen LogP contribution in [0.15, 0.2) is 0 Å². The molecule has 0 radical (unpaired) electrons. The smallest absolute Gasteiger partial charge is 0.358 e. The lowest BCUT2D eigenvalue weighted by molar-refractivity contribution is 0.0592. The van der Waals surface area contributed by atoms with Crippen molar-refractivity contribution >= 4 is 11.8 Å². The highest BCUT2D eigenvalue weighted by atomic mass is 16.5. The number of aryl methyl sites for hydroxylation is 1. The van der Waals surface area contributed by atoms with Crippen LogP contribution in [0.1, 0.15) is 29.4 Å². The van der Waals surface area contributed by atoms with Crippen LogP contribution >= 0.6 is 0 Å². The summed E-state index contributed by atoms with van der Waals surface area (Å²) in [6.07, 6.45) is 1.66. The largest absolute Gasteiger partial charge is 0.464 e. The van der Waals surface area contributed by atoms with E-state index in [1.54, 1.807) is 7.05 Å². The minimum absolute atomic E-state index is 0.328. The highest BCUT2D eigenvalue weighted by Gasteiger charge is 2.19. The van der Waals surface area contributed by atoms with E-state index in [1.807, 2.05) is 6.92 Å². The van der Waals surface area contributed by atoms with Crippen LogP contribution in [0.3, 0.4) is 0 Å². The lowest BCUT2D eigenvalue weighted by atomic mass is 10.1. The summed E-state index contributed by atoms with van der Waals surface area (Å²) in [5.41, 5.74) is 6.88. The maximum absolute atomic E-state index is 11.3. The van der Waals surface area contributed by atoms with E-state index in [-0.39, 0.29) is 0 Å². The zero-order chi connectivity index (χ0) is 10.7. The summed E-state index contributed by atoms with van der Waals surface area (Å²) in [6.45, 7) is 2.02. The van der Waals surface area contributed by atoms with Gasteiger partial charge in [-0.15, -0.1) is 0 Å². The van der Waals surface area contributed by atoms with E-state index < -0.39 is 5.97 Å². The van der Waals surface area contributed by atoms with Crippen LogP contribution in [0.5, 0.6) is 0 Å².